The van der Waals surface area contributed by atoms with Crippen molar-refractivity contribution in [1.82, 2.24) is 16.0 Å². The molecular formula is C17H34N8O5S. The average molecular weight is 463 g/mol. The van der Waals surface area contributed by atoms with Gasteiger partial charge in [-0.3, -0.25) is 19.4 Å². The van der Waals surface area contributed by atoms with Gasteiger partial charge in [-0.05, 0) is 32.2 Å². The summed E-state index contributed by atoms with van der Waals surface area (Å²) < 4.78 is 0. The van der Waals surface area contributed by atoms with Gasteiger partial charge < -0.3 is 44.0 Å². The molecule has 0 bridgehead atoms. The Labute approximate surface area is 186 Å². The molecule has 0 aliphatic rings. The summed E-state index contributed by atoms with van der Waals surface area (Å²) >= 11 is 3.84. The Morgan fingerprint density at radius 1 is 0.968 bits per heavy atom. The molecule has 0 fully saturated rings. The summed E-state index contributed by atoms with van der Waals surface area (Å²) in [6.45, 7) is 0.259. The summed E-state index contributed by atoms with van der Waals surface area (Å²) in [7, 11) is 0. The second kappa shape index (κ2) is 16.2. The number of unbranched alkanes of at least 4 members (excludes halogenated alkanes) is 1. The molecule has 0 aromatic rings. The molecule has 0 aromatic carbocycles. The van der Waals surface area contributed by atoms with Gasteiger partial charge in [0.05, 0.1) is 12.6 Å². The van der Waals surface area contributed by atoms with Crippen molar-refractivity contribution >= 4 is 42.3 Å². The van der Waals surface area contributed by atoms with Crippen molar-refractivity contribution < 1.29 is 24.3 Å². The maximum Gasteiger partial charge on any atom is 0.327 e. The molecule has 0 heterocycles. The van der Waals surface area contributed by atoms with E-state index in [1.807, 2.05) is 0 Å². The standard InChI is InChI=1S/C17H34N8O5S/c18-6-2-1-4-10(19)14(27)25-11(5-3-7-22-17(20)21)15(28)23-8-13(26)24-12(9-31)16(29)30/h10-12,31H,1-9,18-19H2,(H,23,28)(H,24,26)(H,25,27)(H,29,30)(H4,20,21,22). The zero-order valence-corrected chi connectivity index (χ0v) is 18.3. The molecule has 3 unspecified atom stereocenters. The lowest BCUT2D eigenvalue weighted by Gasteiger charge is -2.21. The molecule has 0 saturated heterocycles. The van der Waals surface area contributed by atoms with E-state index >= 15 is 0 Å². The smallest absolute Gasteiger partial charge is 0.327 e. The fourth-order valence-corrected chi connectivity index (χ4v) is 2.66. The number of aliphatic carboxylic acids is 1. The molecule has 0 radical (unpaired) electrons. The molecule has 3 amide bonds. The van der Waals surface area contributed by atoms with E-state index in [9.17, 15) is 19.2 Å². The largest absolute Gasteiger partial charge is 0.480 e. The van der Waals surface area contributed by atoms with E-state index in [1.54, 1.807) is 0 Å². The lowest BCUT2D eigenvalue weighted by Crippen LogP contribution is -2.53. The molecule has 0 aromatic heterocycles. The number of nitrogens with zero attached hydrogens (tertiary/aromatic N) is 1. The predicted octanol–water partition coefficient (Wildman–Crippen LogP) is -3.40. The van der Waals surface area contributed by atoms with E-state index in [0.717, 1.165) is 6.42 Å². The van der Waals surface area contributed by atoms with E-state index < -0.39 is 48.4 Å². The normalized spacial score (nSPS) is 13.4. The number of hydrogen-bond acceptors (Lipinski definition) is 8. The predicted molar refractivity (Wildman–Crippen MR) is 119 cm³/mol. The summed E-state index contributed by atoms with van der Waals surface area (Å²) in [6.07, 6.45) is 2.38. The molecule has 13 nitrogen and oxygen atoms in total. The number of guanidine groups is 1. The van der Waals surface area contributed by atoms with Crippen molar-refractivity contribution in [1.29, 1.82) is 0 Å². The molecule has 12 N–H and O–H groups in total. The zero-order valence-electron chi connectivity index (χ0n) is 17.4. The number of nitrogens with two attached hydrogens (primary N) is 4. The Balaban J connectivity index is 4.87. The highest BCUT2D eigenvalue weighted by Gasteiger charge is 2.24. The van der Waals surface area contributed by atoms with Crippen molar-refractivity contribution in [3.8, 4) is 0 Å². The van der Waals surface area contributed by atoms with Gasteiger partial charge in [-0.15, -0.1) is 0 Å². The van der Waals surface area contributed by atoms with E-state index in [2.05, 4.69) is 33.6 Å². The summed E-state index contributed by atoms with van der Waals surface area (Å²) in [4.78, 5) is 51.5. The SMILES string of the molecule is NCCCCC(N)C(=O)NC(CCCN=C(N)N)C(=O)NCC(=O)NC(CS)C(=O)O. The van der Waals surface area contributed by atoms with Crippen LogP contribution < -0.4 is 38.9 Å². The highest BCUT2D eigenvalue weighted by molar-refractivity contribution is 7.80. The van der Waals surface area contributed by atoms with E-state index in [4.69, 9.17) is 28.0 Å². The number of rotatable bonds is 16. The minimum atomic E-state index is -1.25. The van der Waals surface area contributed by atoms with Gasteiger partial charge in [-0.2, -0.15) is 12.6 Å². The van der Waals surface area contributed by atoms with Crippen molar-refractivity contribution in [2.45, 2.75) is 50.2 Å². The number of carboxylic acids is 1. The lowest BCUT2D eigenvalue weighted by molar-refractivity contribution is -0.141. The first-order chi connectivity index (χ1) is 14.6. The summed E-state index contributed by atoms with van der Waals surface area (Å²) in [5.74, 6) is -3.30. The van der Waals surface area contributed by atoms with Crippen molar-refractivity contribution in [3.63, 3.8) is 0 Å². The summed E-state index contributed by atoms with van der Waals surface area (Å²) in [6, 6.07) is -2.97. The number of carbonyl (C=O) groups is 4. The molecule has 0 rings (SSSR count). The number of carbonyl (C=O) groups excluding carboxylic acids is 3. The van der Waals surface area contributed by atoms with Gasteiger partial charge in [0.25, 0.3) is 0 Å². The molecule has 0 spiro atoms. The maximum atomic E-state index is 12.5. The Hall–Kier alpha value is -2.58. The van der Waals surface area contributed by atoms with Crippen LogP contribution in [0.2, 0.25) is 0 Å². The highest BCUT2D eigenvalue weighted by Crippen LogP contribution is 2.03. The third-order valence-corrected chi connectivity index (χ3v) is 4.49. The first-order valence-corrected chi connectivity index (χ1v) is 10.5. The second-order valence-electron chi connectivity index (χ2n) is 6.76. The first kappa shape index (κ1) is 28.4. The molecule has 0 aliphatic carbocycles. The Bertz CT molecular complexity index is 630. The molecular weight excluding hydrogens is 428 g/mol. The van der Waals surface area contributed by atoms with Gasteiger partial charge in [0.2, 0.25) is 17.7 Å². The molecule has 0 saturated carbocycles. The highest BCUT2D eigenvalue weighted by atomic mass is 32.1. The van der Waals surface area contributed by atoms with Gasteiger partial charge >= 0.3 is 5.97 Å². The van der Waals surface area contributed by atoms with Crippen LogP contribution in [0.5, 0.6) is 0 Å². The van der Waals surface area contributed by atoms with Crippen LogP contribution in [-0.4, -0.2) is 78.3 Å². The fraction of sp³-hybridized carbons (Fsp3) is 0.706. The topological polar surface area (TPSA) is 241 Å². The van der Waals surface area contributed by atoms with Crippen molar-refractivity contribution in [3.05, 3.63) is 0 Å². The number of amides is 3. The monoisotopic (exact) mass is 462 g/mol. The lowest BCUT2D eigenvalue weighted by atomic mass is 10.1. The van der Waals surface area contributed by atoms with Crippen LogP contribution in [0.15, 0.2) is 4.99 Å². The minimum absolute atomic E-state index is 0.0965. The molecule has 0 aliphatic heterocycles. The van der Waals surface area contributed by atoms with Gasteiger partial charge in [0, 0.05) is 12.3 Å². The van der Waals surface area contributed by atoms with Gasteiger partial charge in [-0.1, -0.05) is 6.42 Å². The number of carboxylic acid groups (broad SMARTS) is 1. The van der Waals surface area contributed by atoms with Gasteiger partial charge in [0.15, 0.2) is 5.96 Å². The van der Waals surface area contributed by atoms with E-state index in [0.29, 0.717) is 25.8 Å². The average Bonchev–Trinajstić information content (AvgIpc) is 2.71. The van der Waals surface area contributed by atoms with Gasteiger partial charge in [-0.25, -0.2) is 4.79 Å². The van der Waals surface area contributed by atoms with Crippen LogP contribution in [0.1, 0.15) is 32.1 Å². The van der Waals surface area contributed by atoms with Gasteiger partial charge in [0.1, 0.15) is 12.1 Å². The van der Waals surface area contributed by atoms with E-state index in [1.165, 1.54) is 0 Å². The summed E-state index contributed by atoms with van der Waals surface area (Å²) in [5.41, 5.74) is 21.8. The number of nitrogens with one attached hydrogen (secondary N) is 3. The Morgan fingerprint density at radius 2 is 1.65 bits per heavy atom. The van der Waals surface area contributed by atoms with Crippen LogP contribution in [0.3, 0.4) is 0 Å². The third-order valence-electron chi connectivity index (χ3n) is 4.12. The van der Waals surface area contributed by atoms with Crippen molar-refractivity contribution in [2.75, 3.05) is 25.4 Å². The number of aliphatic imine (C=N–C) groups is 1. The van der Waals surface area contributed by atoms with Crippen LogP contribution in [0.25, 0.3) is 0 Å². The first-order valence-electron chi connectivity index (χ1n) is 9.84. The van der Waals surface area contributed by atoms with Crippen LogP contribution in [0.4, 0.5) is 0 Å². The molecule has 31 heavy (non-hydrogen) atoms. The fourth-order valence-electron chi connectivity index (χ4n) is 2.41. The van der Waals surface area contributed by atoms with E-state index in [-0.39, 0.29) is 24.7 Å². The molecule has 3 atom stereocenters. The minimum Gasteiger partial charge on any atom is -0.480 e. The zero-order chi connectivity index (χ0) is 23.8. The number of thiol groups is 1. The number of hydrogen-bond donors (Lipinski definition) is 9. The van der Waals surface area contributed by atoms with Crippen LogP contribution >= 0.6 is 12.6 Å². The Morgan fingerprint density at radius 3 is 2.19 bits per heavy atom. The van der Waals surface area contributed by atoms with Crippen molar-refractivity contribution in [2.24, 2.45) is 27.9 Å². The quantitative estimate of drug-likeness (QED) is 0.0479. The molecule has 178 valence electrons. The Kier molecular flexibility index (Phi) is 14.8. The summed E-state index contributed by atoms with van der Waals surface area (Å²) in [5, 5.41) is 16.1. The van der Waals surface area contributed by atoms with Crippen LogP contribution in [-0.2, 0) is 19.2 Å². The maximum absolute atomic E-state index is 12.5. The third kappa shape index (κ3) is 13.4. The van der Waals surface area contributed by atoms with Crippen LogP contribution in [0, 0.1) is 0 Å². The molecule has 14 heteroatoms. The second-order valence-corrected chi connectivity index (χ2v) is 7.12.